The van der Waals surface area contributed by atoms with Gasteiger partial charge in [0.25, 0.3) is 5.91 Å². The number of hydrogen-bond donors (Lipinski definition) is 2. The first-order valence-electron chi connectivity index (χ1n) is 9.14. The summed E-state index contributed by atoms with van der Waals surface area (Å²) in [7, 11) is 0. The first-order chi connectivity index (χ1) is 14.4. The van der Waals surface area contributed by atoms with Gasteiger partial charge in [0, 0.05) is 23.2 Å². The van der Waals surface area contributed by atoms with Gasteiger partial charge in [0.15, 0.2) is 10.9 Å². The van der Waals surface area contributed by atoms with Crippen molar-refractivity contribution < 1.29 is 9.18 Å². The Kier molecular flexibility index (Phi) is 5.51. The van der Waals surface area contributed by atoms with Crippen molar-refractivity contribution in [1.29, 1.82) is 0 Å². The van der Waals surface area contributed by atoms with Crippen molar-refractivity contribution in [2.75, 3.05) is 5.32 Å². The van der Waals surface area contributed by atoms with Gasteiger partial charge >= 0.3 is 0 Å². The molecule has 2 aromatic carbocycles. The molecule has 152 valence electrons. The number of aromatic nitrogens is 4. The van der Waals surface area contributed by atoms with E-state index in [-0.39, 0.29) is 5.11 Å². The molecule has 0 spiro atoms. The Balaban J connectivity index is 1.52. The average Bonchev–Trinajstić information content (AvgIpc) is 3.30. The van der Waals surface area contributed by atoms with E-state index >= 15 is 0 Å². The monoisotopic (exact) mass is 440 g/mol. The third-order valence-electron chi connectivity index (χ3n) is 4.44. The van der Waals surface area contributed by atoms with E-state index in [1.807, 2.05) is 32.0 Å². The number of halogens is 1. The number of anilines is 1. The topological polar surface area (TPSA) is 84.2 Å². The third kappa shape index (κ3) is 4.05. The van der Waals surface area contributed by atoms with Crippen LogP contribution in [-0.2, 0) is 6.42 Å². The zero-order valence-electron chi connectivity index (χ0n) is 16.1. The number of nitrogens with zero attached hydrogens (tertiary/aromatic N) is 4. The molecule has 0 saturated heterocycles. The van der Waals surface area contributed by atoms with Crippen LogP contribution in [0.4, 0.5) is 10.1 Å². The molecule has 0 aliphatic carbocycles. The number of benzene rings is 2. The highest BCUT2D eigenvalue weighted by Gasteiger charge is 2.14. The lowest BCUT2D eigenvalue weighted by Gasteiger charge is -2.12. The second kappa shape index (κ2) is 8.25. The van der Waals surface area contributed by atoms with Gasteiger partial charge in [-0.15, -0.1) is 10.2 Å². The summed E-state index contributed by atoms with van der Waals surface area (Å²) in [5.74, 6) is -0.0131. The number of nitrogens with one attached hydrogen (secondary N) is 2. The molecule has 0 unspecified atom stereocenters. The molecule has 0 aliphatic heterocycles. The molecule has 0 aliphatic rings. The van der Waals surface area contributed by atoms with Crippen LogP contribution in [-0.4, -0.2) is 30.8 Å². The van der Waals surface area contributed by atoms with Gasteiger partial charge in [-0.2, -0.15) is 9.61 Å². The molecule has 2 aromatic heterocycles. The van der Waals surface area contributed by atoms with Gasteiger partial charge in [0.2, 0.25) is 4.96 Å². The minimum Gasteiger partial charge on any atom is -0.332 e. The Bertz CT molecular complexity index is 1250. The molecule has 4 rings (SSSR count). The number of amides is 1. The Hall–Kier alpha value is -3.24. The van der Waals surface area contributed by atoms with E-state index in [4.69, 9.17) is 12.2 Å². The molecular formula is C20H17FN6OS2. The highest BCUT2D eigenvalue weighted by Crippen LogP contribution is 2.29. The molecule has 7 nitrogen and oxygen atoms in total. The van der Waals surface area contributed by atoms with Crippen molar-refractivity contribution >= 4 is 45.2 Å². The smallest absolute Gasteiger partial charge is 0.257 e. The van der Waals surface area contributed by atoms with Gasteiger partial charge in [0.05, 0.1) is 0 Å². The molecular weight excluding hydrogens is 423 g/mol. The molecule has 0 bridgehead atoms. The summed E-state index contributed by atoms with van der Waals surface area (Å²) in [6, 6.07) is 11.1. The van der Waals surface area contributed by atoms with Crippen LogP contribution < -0.4 is 10.6 Å². The number of rotatable bonds is 4. The fraction of sp³-hybridized carbons (Fsp3) is 0.150. The normalized spacial score (nSPS) is 10.9. The highest BCUT2D eigenvalue weighted by molar-refractivity contribution is 7.80. The van der Waals surface area contributed by atoms with Gasteiger partial charge in [-0.25, -0.2) is 4.39 Å². The summed E-state index contributed by atoms with van der Waals surface area (Å²) in [5.41, 5.74) is 2.92. The Labute approximate surface area is 181 Å². The molecule has 0 saturated carbocycles. The van der Waals surface area contributed by atoms with Crippen molar-refractivity contribution in [3.8, 4) is 10.6 Å². The maximum atomic E-state index is 13.0. The van der Waals surface area contributed by atoms with Crippen LogP contribution >= 0.6 is 23.6 Å². The summed E-state index contributed by atoms with van der Waals surface area (Å²) in [4.78, 5) is 13.0. The Morgan fingerprint density at radius 2 is 1.97 bits per heavy atom. The molecule has 0 radical (unpaired) electrons. The minimum atomic E-state index is -0.415. The zero-order valence-corrected chi connectivity index (χ0v) is 17.8. The second-order valence-corrected chi connectivity index (χ2v) is 7.88. The molecule has 2 heterocycles. The van der Waals surface area contributed by atoms with Crippen molar-refractivity contribution in [3.05, 3.63) is 65.2 Å². The number of carbonyl (C=O) groups is 1. The maximum absolute atomic E-state index is 13.0. The molecule has 0 atom stereocenters. The molecule has 4 aromatic rings. The van der Waals surface area contributed by atoms with Crippen LogP contribution in [0, 0.1) is 12.7 Å². The molecule has 30 heavy (non-hydrogen) atoms. The predicted molar refractivity (Wildman–Crippen MR) is 118 cm³/mol. The standard InChI is InChI=1S/C20H17FN6OS2/c1-3-16-24-25-20-27(16)26-18(30-20)13-5-4-11(2)15(10-13)22-19(29)23-17(28)12-6-8-14(21)9-7-12/h4-10H,3H2,1-2H3,(H2,22,23,28,29). The van der Waals surface area contributed by atoms with Crippen molar-refractivity contribution in [1.82, 2.24) is 25.1 Å². The third-order valence-corrected chi connectivity index (χ3v) is 5.59. The van der Waals surface area contributed by atoms with E-state index in [9.17, 15) is 9.18 Å². The molecule has 2 N–H and O–H groups in total. The van der Waals surface area contributed by atoms with Crippen LogP contribution in [0.25, 0.3) is 15.5 Å². The maximum Gasteiger partial charge on any atom is 0.257 e. The fourth-order valence-electron chi connectivity index (χ4n) is 2.81. The van der Waals surface area contributed by atoms with Gasteiger partial charge < -0.3 is 5.32 Å². The van der Waals surface area contributed by atoms with Gasteiger partial charge in [-0.1, -0.05) is 30.4 Å². The summed E-state index contributed by atoms with van der Waals surface area (Å²) in [5, 5.41) is 19.5. The Morgan fingerprint density at radius 3 is 2.70 bits per heavy atom. The lowest BCUT2D eigenvalue weighted by atomic mass is 10.1. The summed E-state index contributed by atoms with van der Waals surface area (Å²) >= 11 is 6.72. The molecule has 0 fully saturated rings. The quantitative estimate of drug-likeness (QED) is 0.467. The van der Waals surface area contributed by atoms with Crippen LogP contribution in [0.15, 0.2) is 42.5 Å². The lowest BCUT2D eigenvalue weighted by Crippen LogP contribution is -2.34. The van der Waals surface area contributed by atoms with E-state index in [1.165, 1.54) is 35.6 Å². The minimum absolute atomic E-state index is 0.149. The number of thiocarbonyl (C=S) groups is 1. The van der Waals surface area contributed by atoms with Gasteiger partial charge in [-0.3, -0.25) is 10.1 Å². The number of hydrogen-bond acceptors (Lipinski definition) is 6. The van der Waals surface area contributed by atoms with Crippen molar-refractivity contribution in [2.45, 2.75) is 20.3 Å². The summed E-state index contributed by atoms with van der Waals surface area (Å²) in [6.45, 7) is 3.94. The number of aryl methyl sites for hydroxylation is 2. The SMILES string of the molecule is CCc1nnc2sc(-c3ccc(C)c(NC(=S)NC(=O)c4ccc(F)cc4)c3)nn12. The van der Waals surface area contributed by atoms with Crippen molar-refractivity contribution in [3.63, 3.8) is 0 Å². The number of fused-ring (bicyclic) bond motifs is 1. The first-order valence-corrected chi connectivity index (χ1v) is 10.4. The highest BCUT2D eigenvalue weighted by atomic mass is 32.1. The Morgan fingerprint density at radius 1 is 1.20 bits per heavy atom. The summed E-state index contributed by atoms with van der Waals surface area (Å²) < 4.78 is 14.8. The van der Waals surface area contributed by atoms with Crippen LogP contribution in [0.1, 0.15) is 28.7 Å². The summed E-state index contributed by atoms with van der Waals surface area (Å²) in [6.07, 6.45) is 0.743. The van der Waals surface area contributed by atoms with E-state index in [1.54, 1.807) is 4.52 Å². The number of carbonyl (C=O) groups excluding carboxylic acids is 1. The predicted octanol–water partition coefficient (Wildman–Crippen LogP) is 3.99. The lowest BCUT2D eigenvalue weighted by molar-refractivity contribution is 0.0977. The van der Waals surface area contributed by atoms with E-state index in [2.05, 4.69) is 25.9 Å². The van der Waals surface area contributed by atoms with Crippen LogP contribution in [0.2, 0.25) is 0 Å². The van der Waals surface area contributed by atoms with Gasteiger partial charge in [-0.05, 0) is 55.0 Å². The molecule has 1 amide bonds. The van der Waals surface area contributed by atoms with Crippen molar-refractivity contribution in [2.24, 2.45) is 0 Å². The fourth-order valence-corrected chi connectivity index (χ4v) is 3.87. The van der Waals surface area contributed by atoms with E-state index < -0.39 is 11.7 Å². The van der Waals surface area contributed by atoms with E-state index in [0.717, 1.165) is 39.0 Å². The van der Waals surface area contributed by atoms with E-state index in [0.29, 0.717) is 5.56 Å². The second-order valence-electron chi connectivity index (χ2n) is 6.52. The van der Waals surface area contributed by atoms with Gasteiger partial charge in [0.1, 0.15) is 10.8 Å². The first kappa shape index (κ1) is 20.0. The largest absolute Gasteiger partial charge is 0.332 e. The zero-order chi connectivity index (χ0) is 21.3. The van der Waals surface area contributed by atoms with Crippen LogP contribution in [0.5, 0.6) is 0 Å². The van der Waals surface area contributed by atoms with Crippen LogP contribution in [0.3, 0.4) is 0 Å². The average molecular weight is 441 g/mol. The molecule has 10 heteroatoms.